The molecule has 0 aliphatic rings. The number of aromatic nitrogens is 2. The van der Waals surface area contributed by atoms with Crippen molar-refractivity contribution in [1.82, 2.24) is 10.2 Å². The van der Waals surface area contributed by atoms with Crippen LogP contribution in [0, 0.1) is 5.92 Å². The van der Waals surface area contributed by atoms with E-state index in [1.807, 2.05) is 0 Å². The summed E-state index contributed by atoms with van der Waals surface area (Å²) in [5, 5.41) is 8.94. The largest absolute Gasteiger partial charge is 0.374 e. The van der Waals surface area contributed by atoms with Gasteiger partial charge in [0, 0.05) is 6.61 Å². The number of ether oxygens (including phenoxy) is 1. The lowest BCUT2D eigenvalue weighted by Gasteiger charge is -2.03. The van der Waals surface area contributed by atoms with Crippen LogP contribution in [0.25, 0.3) is 0 Å². The third kappa shape index (κ3) is 4.53. The van der Waals surface area contributed by atoms with Crippen LogP contribution in [0.3, 0.4) is 0 Å². The van der Waals surface area contributed by atoms with Gasteiger partial charge in [0.05, 0.1) is 0 Å². The Morgan fingerprint density at radius 2 is 2.21 bits per heavy atom. The van der Waals surface area contributed by atoms with Gasteiger partial charge in [0.2, 0.25) is 5.13 Å². The second-order valence-electron chi connectivity index (χ2n) is 3.62. The first-order chi connectivity index (χ1) is 6.68. The number of nitrogen functional groups attached to an aromatic ring is 1. The van der Waals surface area contributed by atoms with Gasteiger partial charge in [-0.05, 0) is 18.8 Å². The number of nitrogens with zero attached hydrogens (tertiary/aromatic N) is 2. The predicted molar refractivity (Wildman–Crippen MR) is 58.0 cm³/mol. The highest BCUT2D eigenvalue weighted by Gasteiger charge is 2.00. The highest BCUT2D eigenvalue weighted by Crippen LogP contribution is 2.12. The summed E-state index contributed by atoms with van der Waals surface area (Å²) in [7, 11) is 0. The molecule has 0 saturated carbocycles. The van der Waals surface area contributed by atoms with E-state index in [9.17, 15) is 0 Å². The predicted octanol–water partition coefficient (Wildman–Crippen LogP) is 2.07. The van der Waals surface area contributed by atoms with Crippen LogP contribution >= 0.6 is 11.3 Å². The smallest absolute Gasteiger partial charge is 0.203 e. The van der Waals surface area contributed by atoms with E-state index in [-0.39, 0.29) is 0 Å². The molecule has 5 heteroatoms. The van der Waals surface area contributed by atoms with Gasteiger partial charge in [-0.1, -0.05) is 25.2 Å². The van der Waals surface area contributed by atoms with Crippen LogP contribution in [0.1, 0.15) is 31.7 Å². The van der Waals surface area contributed by atoms with E-state index >= 15 is 0 Å². The van der Waals surface area contributed by atoms with E-state index in [0.717, 1.165) is 24.0 Å². The van der Waals surface area contributed by atoms with Gasteiger partial charge < -0.3 is 10.5 Å². The molecule has 4 nitrogen and oxygen atoms in total. The molecule has 0 bridgehead atoms. The lowest BCUT2D eigenvalue weighted by atomic mass is 10.1. The standard InChI is InChI=1S/C9H17N3OS/c1-7(2)4-3-5-13-6-8-11-12-9(10)14-8/h7H,3-6H2,1-2H3,(H2,10,12). The topological polar surface area (TPSA) is 61.0 Å². The summed E-state index contributed by atoms with van der Waals surface area (Å²) < 4.78 is 5.44. The molecular formula is C9H17N3OS. The summed E-state index contributed by atoms with van der Waals surface area (Å²) in [4.78, 5) is 0. The van der Waals surface area contributed by atoms with E-state index in [0.29, 0.717) is 11.7 Å². The zero-order chi connectivity index (χ0) is 10.4. The Morgan fingerprint density at radius 3 is 2.79 bits per heavy atom. The van der Waals surface area contributed by atoms with E-state index in [4.69, 9.17) is 10.5 Å². The van der Waals surface area contributed by atoms with Gasteiger partial charge in [-0.3, -0.25) is 0 Å². The molecule has 0 atom stereocenters. The van der Waals surface area contributed by atoms with E-state index < -0.39 is 0 Å². The third-order valence-corrected chi connectivity index (χ3v) is 2.50. The SMILES string of the molecule is CC(C)CCCOCc1nnc(N)s1. The number of hydrogen-bond donors (Lipinski definition) is 1. The van der Waals surface area contributed by atoms with Gasteiger partial charge in [0.1, 0.15) is 11.6 Å². The van der Waals surface area contributed by atoms with E-state index in [1.165, 1.54) is 17.8 Å². The Morgan fingerprint density at radius 1 is 1.43 bits per heavy atom. The fourth-order valence-electron chi connectivity index (χ4n) is 1.08. The number of anilines is 1. The Bertz CT molecular complexity index is 262. The minimum atomic E-state index is 0.505. The highest BCUT2D eigenvalue weighted by atomic mass is 32.1. The van der Waals surface area contributed by atoms with Crippen molar-refractivity contribution in [3.8, 4) is 0 Å². The minimum absolute atomic E-state index is 0.505. The van der Waals surface area contributed by atoms with Crippen LogP contribution in [-0.4, -0.2) is 16.8 Å². The molecule has 1 heterocycles. The molecule has 0 radical (unpaired) electrons. The molecule has 2 N–H and O–H groups in total. The monoisotopic (exact) mass is 215 g/mol. The fraction of sp³-hybridized carbons (Fsp3) is 0.778. The summed E-state index contributed by atoms with van der Waals surface area (Å²) in [5.74, 6) is 0.746. The third-order valence-electron chi connectivity index (χ3n) is 1.78. The Kier molecular flexibility index (Phi) is 4.82. The summed E-state index contributed by atoms with van der Waals surface area (Å²) in [5.41, 5.74) is 5.44. The van der Waals surface area contributed by atoms with Crippen LogP contribution in [0.2, 0.25) is 0 Å². The van der Waals surface area contributed by atoms with Crippen LogP contribution < -0.4 is 5.73 Å². The van der Waals surface area contributed by atoms with Gasteiger partial charge in [0.25, 0.3) is 0 Å². The lowest BCUT2D eigenvalue weighted by molar-refractivity contribution is 0.114. The first kappa shape index (κ1) is 11.4. The van der Waals surface area contributed by atoms with E-state index in [1.54, 1.807) is 0 Å². The molecule has 0 saturated heterocycles. The molecule has 0 spiro atoms. The van der Waals surface area contributed by atoms with Crippen molar-refractivity contribution in [2.45, 2.75) is 33.3 Å². The van der Waals surface area contributed by atoms with Gasteiger partial charge in [-0.2, -0.15) is 0 Å². The van der Waals surface area contributed by atoms with Crippen molar-refractivity contribution in [2.24, 2.45) is 5.92 Å². The van der Waals surface area contributed by atoms with Gasteiger partial charge >= 0.3 is 0 Å². The Balaban J connectivity index is 2.04. The quantitative estimate of drug-likeness (QED) is 0.738. The number of nitrogens with two attached hydrogens (primary N) is 1. The lowest BCUT2D eigenvalue weighted by Crippen LogP contribution is -1.97. The molecule has 14 heavy (non-hydrogen) atoms. The molecule has 1 aromatic heterocycles. The Labute approximate surface area is 88.5 Å². The van der Waals surface area contributed by atoms with Gasteiger partial charge in [-0.25, -0.2) is 0 Å². The Hall–Kier alpha value is -0.680. The molecule has 0 aliphatic heterocycles. The van der Waals surface area contributed by atoms with Crippen molar-refractivity contribution >= 4 is 16.5 Å². The first-order valence-corrected chi connectivity index (χ1v) is 5.65. The van der Waals surface area contributed by atoms with Gasteiger partial charge in [0.15, 0.2) is 0 Å². The average Bonchev–Trinajstić information content (AvgIpc) is 2.50. The fourth-order valence-corrected chi connectivity index (χ4v) is 1.63. The molecule has 0 aliphatic carbocycles. The maximum absolute atomic E-state index is 5.44. The maximum atomic E-state index is 5.44. The van der Waals surface area contributed by atoms with Crippen LogP contribution in [-0.2, 0) is 11.3 Å². The van der Waals surface area contributed by atoms with Gasteiger partial charge in [-0.15, -0.1) is 10.2 Å². The zero-order valence-electron chi connectivity index (χ0n) is 8.69. The molecule has 1 rings (SSSR count). The van der Waals surface area contributed by atoms with Crippen LogP contribution in [0.5, 0.6) is 0 Å². The van der Waals surface area contributed by atoms with Crippen molar-refractivity contribution in [3.63, 3.8) is 0 Å². The van der Waals surface area contributed by atoms with Crippen molar-refractivity contribution in [3.05, 3.63) is 5.01 Å². The normalized spacial score (nSPS) is 11.1. The van der Waals surface area contributed by atoms with Crippen molar-refractivity contribution < 1.29 is 4.74 Å². The summed E-state index contributed by atoms with van der Waals surface area (Å²) in [6.07, 6.45) is 2.31. The summed E-state index contributed by atoms with van der Waals surface area (Å²) >= 11 is 1.38. The maximum Gasteiger partial charge on any atom is 0.203 e. The molecule has 1 aromatic rings. The molecule has 0 aromatic carbocycles. The summed E-state index contributed by atoms with van der Waals surface area (Å²) in [6.45, 7) is 5.75. The molecule has 0 amide bonds. The molecule has 80 valence electrons. The number of hydrogen-bond acceptors (Lipinski definition) is 5. The first-order valence-electron chi connectivity index (χ1n) is 4.84. The average molecular weight is 215 g/mol. The molecule has 0 unspecified atom stereocenters. The van der Waals surface area contributed by atoms with Crippen LogP contribution in [0.4, 0.5) is 5.13 Å². The zero-order valence-corrected chi connectivity index (χ0v) is 9.51. The minimum Gasteiger partial charge on any atom is -0.374 e. The second kappa shape index (κ2) is 5.93. The van der Waals surface area contributed by atoms with E-state index in [2.05, 4.69) is 24.0 Å². The summed E-state index contributed by atoms with van der Waals surface area (Å²) in [6, 6.07) is 0. The molecular weight excluding hydrogens is 198 g/mol. The van der Waals surface area contributed by atoms with Crippen molar-refractivity contribution in [2.75, 3.05) is 12.3 Å². The number of rotatable bonds is 6. The molecule has 0 fully saturated rings. The second-order valence-corrected chi connectivity index (χ2v) is 4.72. The highest BCUT2D eigenvalue weighted by molar-refractivity contribution is 7.15. The van der Waals surface area contributed by atoms with Crippen LogP contribution in [0.15, 0.2) is 0 Å². The van der Waals surface area contributed by atoms with Crippen molar-refractivity contribution in [1.29, 1.82) is 0 Å².